The lowest BCUT2D eigenvalue weighted by molar-refractivity contribution is 0.0368. The van der Waals surface area contributed by atoms with Gasteiger partial charge in [0.05, 0.1) is 23.0 Å². The molecule has 0 aromatic carbocycles. The summed E-state index contributed by atoms with van der Waals surface area (Å²) < 4.78 is 0. The maximum absolute atomic E-state index is 12.0. The van der Waals surface area contributed by atoms with Crippen molar-refractivity contribution in [3.05, 3.63) is 24.0 Å². The number of likely N-dealkylation sites (N-methyl/N-ethyl adjacent to an activating group) is 1. The van der Waals surface area contributed by atoms with Crippen LogP contribution in [0.25, 0.3) is 0 Å². The maximum atomic E-state index is 12.0. The second-order valence-corrected chi connectivity index (χ2v) is 4.44. The van der Waals surface area contributed by atoms with Crippen LogP contribution in [0.3, 0.4) is 0 Å². The predicted molar refractivity (Wildman–Crippen MR) is 61.9 cm³/mol. The van der Waals surface area contributed by atoms with E-state index < -0.39 is 5.60 Å². The van der Waals surface area contributed by atoms with Gasteiger partial charge in [-0.05, 0) is 19.9 Å². The van der Waals surface area contributed by atoms with Crippen molar-refractivity contribution < 1.29 is 9.90 Å². The van der Waals surface area contributed by atoms with Crippen LogP contribution >= 0.6 is 0 Å². The Hall–Kier alpha value is -1.62. The van der Waals surface area contributed by atoms with Crippen LogP contribution in [0.5, 0.6) is 0 Å². The molecule has 0 unspecified atom stereocenters. The lowest BCUT2D eigenvalue weighted by atomic mass is 10.1. The van der Waals surface area contributed by atoms with Crippen LogP contribution in [0.4, 0.5) is 5.69 Å². The number of aromatic nitrogens is 1. The molecule has 0 fully saturated rings. The van der Waals surface area contributed by atoms with E-state index in [4.69, 9.17) is 5.73 Å². The number of rotatable bonds is 3. The van der Waals surface area contributed by atoms with E-state index in [9.17, 15) is 9.90 Å². The van der Waals surface area contributed by atoms with Gasteiger partial charge in [0.15, 0.2) is 0 Å². The third-order valence-corrected chi connectivity index (χ3v) is 2.05. The normalized spacial score (nSPS) is 11.2. The van der Waals surface area contributed by atoms with Gasteiger partial charge in [0, 0.05) is 19.8 Å². The van der Waals surface area contributed by atoms with Gasteiger partial charge in [-0.3, -0.25) is 9.78 Å². The van der Waals surface area contributed by atoms with Gasteiger partial charge >= 0.3 is 0 Å². The van der Waals surface area contributed by atoms with Gasteiger partial charge in [-0.2, -0.15) is 0 Å². The first kappa shape index (κ1) is 12.4. The Balaban J connectivity index is 2.83. The summed E-state index contributed by atoms with van der Waals surface area (Å²) in [5.41, 5.74) is 5.47. The molecule has 1 aromatic heterocycles. The Morgan fingerprint density at radius 1 is 1.62 bits per heavy atom. The molecule has 0 bridgehead atoms. The van der Waals surface area contributed by atoms with Crippen molar-refractivity contribution in [3.8, 4) is 0 Å². The minimum Gasteiger partial charge on any atom is -0.397 e. The van der Waals surface area contributed by atoms with E-state index in [0.717, 1.165) is 0 Å². The number of pyridine rings is 1. The summed E-state index contributed by atoms with van der Waals surface area (Å²) in [7, 11) is 1.63. The number of carbonyl (C=O) groups is 1. The van der Waals surface area contributed by atoms with E-state index in [1.807, 2.05) is 0 Å². The largest absolute Gasteiger partial charge is 0.397 e. The lowest BCUT2D eigenvalue weighted by Gasteiger charge is -2.25. The highest BCUT2D eigenvalue weighted by atomic mass is 16.3. The Labute approximate surface area is 94.9 Å². The number of anilines is 1. The number of amides is 1. The molecule has 0 saturated carbocycles. The fraction of sp³-hybridized carbons (Fsp3) is 0.455. The SMILES string of the molecule is CN(CC(C)(C)O)C(=O)c1ccncc1N. The monoisotopic (exact) mass is 223 g/mol. The van der Waals surface area contributed by atoms with Gasteiger partial charge in [-0.15, -0.1) is 0 Å². The number of hydrogen-bond acceptors (Lipinski definition) is 4. The Morgan fingerprint density at radius 3 is 2.75 bits per heavy atom. The van der Waals surface area contributed by atoms with Crippen molar-refractivity contribution >= 4 is 11.6 Å². The van der Waals surface area contributed by atoms with Crippen LogP contribution in [0.2, 0.25) is 0 Å². The van der Waals surface area contributed by atoms with Crippen LogP contribution in [-0.4, -0.2) is 40.1 Å². The Bertz CT molecular complexity index is 385. The molecule has 0 atom stereocenters. The van der Waals surface area contributed by atoms with E-state index in [1.54, 1.807) is 27.0 Å². The molecule has 1 heterocycles. The molecule has 88 valence electrons. The molecule has 1 rings (SSSR count). The average Bonchev–Trinajstić information content (AvgIpc) is 2.15. The summed E-state index contributed by atoms with van der Waals surface area (Å²) in [5.74, 6) is -0.220. The second-order valence-electron chi connectivity index (χ2n) is 4.44. The molecule has 5 nitrogen and oxygen atoms in total. The smallest absolute Gasteiger partial charge is 0.255 e. The highest BCUT2D eigenvalue weighted by Gasteiger charge is 2.21. The minimum atomic E-state index is -0.924. The third kappa shape index (κ3) is 3.20. The van der Waals surface area contributed by atoms with Gasteiger partial charge in [-0.25, -0.2) is 0 Å². The number of carbonyl (C=O) groups excluding carboxylic acids is 1. The van der Waals surface area contributed by atoms with E-state index in [2.05, 4.69) is 4.98 Å². The molecule has 0 saturated heterocycles. The summed E-state index contributed by atoms with van der Waals surface area (Å²) in [5, 5.41) is 9.62. The zero-order valence-electron chi connectivity index (χ0n) is 9.77. The van der Waals surface area contributed by atoms with Crippen LogP contribution < -0.4 is 5.73 Å². The van der Waals surface area contributed by atoms with Crippen molar-refractivity contribution in [1.82, 2.24) is 9.88 Å². The minimum absolute atomic E-state index is 0.220. The summed E-state index contributed by atoms with van der Waals surface area (Å²) in [6.45, 7) is 3.53. The van der Waals surface area contributed by atoms with Crippen molar-refractivity contribution in [2.24, 2.45) is 0 Å². The molecule has 0 aliphatic heterocycles. The number of nitrogens with two attached hydrogens (primary N) is 1. The van der Waals surface area contributed by atoms with E-state index in [1.165, 1.54) is 17.3 Å². The average molecular weight is 223 g/mol. The molecule has 0 spiro atoms. The molecule has 5 heteroatoms. The van der Waals surface area contributed by atoms with Crippen molar-refractivity contribution in [1.29, 1.82) is 0 Å². The molecular formula is C11H17N3O2. The predicted octanol–water partition coefficient (Wildman–Crippen LogP) is 0.507. The molecule has 1 aromatic rings. The molecule has 16 heavy (non-hydrogen) atoms. The second kappa shape index (κ2) is 4.49. The van der Waals surface area contributed by atoms with Crippen molar-refractivity contribution in [2.45, 2.75) is 19.4 Å². The quantitative estimate of drug-likeness (QED) is 0.782. The van der Waals surface area contributed by atoms with Gasteiger partial charge < -0.3 is 15.7 Å². The van der Waals surface area contributed by atoms with Gasteiger partial charge in [0.1, 0.15) is 0 Å². The first-order valence-corrected chi connectivity index (χ1v) is 4.98. The number of nitrogen functional groups attached to an aromatic ring is 1. The zero-order valence-corrected chi connectivity index (χ0v) is 9.77. The molecule has 0 aliphatic carbocycles. The fourth-order valence-corrected chi connectivity index (χ4v) is 1.46. The Morgan fingerprint density at radius 2 is 2.25 bits per heavy atom. The fourth-order valence-electron chi connectivity index (χ4n) is 1.46. The van der Waals surface area contributed by atoms with E-state index in [-0.39, 0.29) is 12.5 Å². The first-order chi connectivity index (χ1) is 7.31. The third-order valence-electron chi connectivity index (χ3n) is 2.05. The molecule has 0 aliphatic rings. The zero-order chi connectivity index (χ0) is 12.3. The number of hydrogen-bond donors (Lipinski definition) is 2. The van der Waals surface area contributed by atoms with Gasteiger partial charge in [0.25, 0.3) is 5.91 Å². The van der Waals surface area contributed by atoms with Crippen LogP contribution in [0.1, 0.15) is 24.2 Å². The van der Waals surface area contributed by atoms with Crippen LogP contribution in [0, 0.1) is 0 Å². The first-order valence-electron chi connectivity index (χ1n) is 4.98. The molecule has 3 N–H and O–H groups in total. The van der Waals surface area contributed by atoms with E-state index >= 15 is 0 Å². The highest BCUT2D eigenvalue weighted by Crippen LogP contribution is 2.13. The van der Waals surface area contributed by atoms with E-state index in [0.29, 0.717) is 11.3 Å². The summed E-state index contributed by atoms with van der Waals surface area (Å²) in [6, 6.07) is 1.57. The topological polar surface area (TPSA) is 79.5 Å². The highest BCUT2D eigenvalue weighted by molar-refractivity contribution is 5.98. The van der Waals surface area contributed by atoms with Crippen LogP contribution in [-0.2, 0) is 0 Å². The summed E-state index contributed by atoms with van der Waals surface area (Å²) in [4.78, 5) is 17.2. The maximum Gasteiger partial charge on any atom is 0.255 e. The number of nitrogens with zero attached hydrogens (tertiary/aromatic N) is 2. The number of aliphatic hydroxyl groups is 1. The Kier molecular flexibility index (Phi) is 3.49. The molecule has 1 amide bonds. The molecular weight excluding hydrogens is 206 g/mol. The van der Waals surface area contributed by atoms with Crippen molar-refractivity contribution in [2.75, 3.05) is 19.3 Å². The van der Waals surface area contributed by atoms with Gasteiger partial charge in [-0.1, -0.05) is 0 Å². The lowest BCUT2D eigenvalue weighted by Crippen LogP contribution is -2.39. The van der Waals surface area contributed by atoms with Gasteiger partial charge in [0.2, 0.25) is 0 Å². The van der Waals surface area contributed by atoms with Crippen LogP contribution in [0.15, 0.2) is 18.5 Å². The molecule has 0 radical (unpaired) electrons. The van der Waals surface area contributed by atoms with Crippen molar-refractivity contribution in [3.63, 3.8) is 0 Å². The standard InChI is InChI=1S/C11H17N3O2/c1-11(2,16)7-14(3)10(15)8-4-5-13-6-9(8)12/h4-6,16H,7,12H2,1-3H3. The summed E-state index contributed by atoms with van der Waals surface area (Å²) >= 11 is 0. The summed E-state index contributed by atoms with van der Waals surface area (Å²) in [6.07, 6.45) is 2.95.